The second-order valence-electron chi connectivity index (χ2n) is 4.59. The number of hydrogen-bond donors (Lipinski definition) is 1. The molecular weight excluding hydrogens is 186 g/mol. The van der Waals surface area contributed by atoms with Crippen LogP contribution in [-0.2, 0) is 6.54 Å². The van der Waals surface area contributed by atoms with Crippen LogP contribution in [0, 0.1) is 5.92 Å². The summed E-state index contributed by atoms with van der Waals surface area (Å²) in [6, 6.07) is 2.04. The highest BCUT2D eigenvalue weighted by atomic mass is 16.3. The molecule has 1 heterocycles. The standard InChI is InChI=1S/C9H15NO.C4H10/c1-3-7(2)8-4-9(5-10)11-6-8;1-4(2)3/h4,6-7H,3,5,10H2,1-2H3;4H,1-3H3. The van der Waals surface area contributed by atoms with E-state index in [2.05, 4.69) is 34.6 Å². The third-order valence-electron chi connectivity index (χ3n) is 2.06. The monoisotopic (exact) mass is 211 g/mol. The number of rotatable bonds is 3. The average Bonchev–Trinajstić information content (AvgIpc) is 2.64. The van der Waals surface area contributed by atoms with Crippen molar-refractivity contribution in [2.24, 2.45) is 11.7 Å². The lowest BCUT2D eigenvalue weighted by Gasteiger charge is -2.01. The van der Waals surface area contributed by atoms with Crippen LogP contribution in [0.3, 0.4) is 0 Å². The average molecular weight is 211 g/mol. The van der Waals surface area contributed by atoms with E-state index in [1.54, 1.807) is 6.26 Å². The highest BCUT2D eigenvalue weighted by Gasteiger charge is 2.05. The molecule has 88 valence electrons. The molecule has 0 fully saturated rings. The van der Waals surface area contributed by atoms with Gasteiger partial charge in [0.05, 0.1) is 12.8 Å². The van der Waals surface area contributed by atoms with E-state index in [0.29, 0.717) is 12.5 Å². The van der Waals surface area contributed by atoms with Crippen LogP contribution >= 0.6 is 0 Å². The van der Waals surface area contributed by atoms with E-state index in [4.69, 9.17) is 10.2 Å². The molecule has 0 saturated heterocycles. The molecule has 0 aliphatic heterocycles. The van der Waals surface area contributed by atoms with Gasteiger partial charge in [-0.25, -0.2) is 0 Å². The van der Waals surface area contributed by atoms with Gasteiger partial charge >= 0.3 is 0 Å². The first-order valence-corrected chi connectivity index (χ1v) is 5.78. The van der Waals surface area contributed by atoms with Gasteiger partial charge in [-0.05, 0) is 29.9 Å². The molecule has 2 nitrogen and oxygen atoms in total. The molecule has 0 saturated carbocycles. The Kier molecular flexibility index (Phi) is 7.14. The first-order valence-electron chi connectivity index (χ1n) is 5.78. The summed E-state index contributed by atoms with van der Waals surface area (Å²) in [4.78, 5) is 0. The predicted molar refractivity (Wildman–Crippen MR) is 65.8 cm³/mol. The Balaban J connectivity index is 0.000000423. The van der Waals surface area contributed by atoms with Crippen LogP contribution < -0.4 is 5.73 Å². The van der Waals surface area contributed by atoms with Crippen LogP contribution in [0.25, 0.3) is 0 Å². The van der Waals surface area contributed by atoms with Crippen molar-refractivity contribution in [3.8, 4) is 0 Å². The first kappa shape index (κ1) is 14.2. The summed E-state index contributed by atoms with van der Waals surface area (Å²) in [5.41, 5.74) is 6.67. The van der Waals surface area contributed by atoms with Crippen molar-refractivity contribution in [3.63, 3.8) is 0 Å². The van der Waals surface area contributed by atoms with E-state index in [1.165, 1.54) is 5.56 Å². The molecule has 0 radical (unpaired) electrons. The Morgan fingerprint density at radius 1 is 1.27 bits per heavy atom. The summed E-state index contributed by atoms with van der Waals surface area (Å²) in [6.07, 6.45) is 2.94. The maximum absolute atomic E-state index is 5.41. The van der Waals surface area contributed by atoms with Crippen LogP contribution in [0.2, 0.25) is 0 Å². The van der Waals surface area contributed by atoms with E-state index in [9.17, 15) is 0 Å². The van der Waals surface area contributed by atoms with Gasteiger partial charge in [0.25, 0.3) is 0 Å². The van der Waals surface area contributed by atoms with Gasteiger partial charge < -0.3 is 10.2 Å². The first-order chi connectivity index (χ1) is 7.01. The minimum atomic E-state index is 0.496. The molecule has 1 aromatic heterocycles. The lowest BCUT2D eigenvalue weighted by Crippen LogP contribution is -1.93. The molecular formula is C13H25NO. The topological polar surface area (TPSA) is 39.2 Å². The third kappa shape index (κ3) is 6.34. The van der Waals surface area contributed by atoms with Crippen molar-refractivity contribution in [2.75, 3.05) is 0 Å². The lowest BCUT2D eigenvalue weighted by atomic mass is 10.0. The molecule has 2 heteroatoms. The quantitative estimate of drug-likeness (QED) is 0.823. The lowest BCUT2D eigenvalue weighted by molar-refractivity contribution is 0.508. The second-order valence-corrected chi connectivity index (χ2v) is 4.59. The van der Waals surface area contributed by atoms with Crippen molar-refractivity contribution >= 4 is 0 Å². The fourth-order valence-electron chi connectivity index (χ4n) is 0.999. The van der Waals surface area contributed by atoms with Gasteiger partial charge in [0, 0.05) is 0 Å². The summed E-state index contributed by atoms with van der Waals surface area (Å²) in [5.74, 6) is 2.29. The molecule has 0 aromatic carbocycles. The molecule has 1 aromatic rings. The minimum absolute atomic E-state index is 0.496. The van der Waals surface area contributed by atoms with Crippen LogP contribution in [0.5, 0.6) is 0 Å². The molecule has 1 unspecified atom stereocenters. The van der Waals surface area contributed by atoms with Crippen LogP contribution in [0.15, 0.2) is 16.7 Å². The predicted octanol–water partition coefficient (Wildman–Crippen LogP) is 3.91. The van der Waals surface area contributed by atoms with Gasteiger partial charge in [0.1, 0.15) is 5.76 Å². The van der Waals surface area contributed by atoms with Crippen molar-refractivity contribution in [2.45, 2.75) is 53.5 Å². The van der Waals surface area contributed by atoms with Crippen molar-refractivity contribution < 1.29 is 4.42 Å². The Bertz CT molecular complexity index is 250. The van der Waals surface area contributed by atoms with Gasteiger partial charge in [-0.15, -0.1) is 0 Å². The summed E-state index contributed by atoms with van der Waals surface area (Å²) < 4.78 is 5.21. The second kappa shape index (κ2) is 7.52. The fourth-order valence-corrected chi connectivity index (χ4v) is 0.999. The molecule has 1 rings (SSSR count). The molecule has 0 aliphatic rings. The molecule has 15 heavy (non-hydrogen) atoms. The fraction of sp³-hybridized carbons (Fsp3) is 0.692. The zero-order valence-corrected chi connectivity index (χ0v) is 10.7. The molecule has 0 aliphatic carbocycles. The third-order valence-corrected chi connectivity index (χ3v) is 2.06. The Morgan fingerprint density at radius 3 is 2.13 bits per heavy atom. The van der Waals surface area contributed by atoms with Gasteiger partial charge in [0.15, 0.2) is 0 Å². The normalized spacial score (nSPS) is 12.2. The molecule has 0 bridgehead atoms. The Hall–Kier alpha value is -0.760. The Morgan fingerprint density at radius 2 is 1.80 bits per heavy atom. The maximum Gasteiger partial charge on any atom is 0.117 e. The minimum Gasteiger partial charge on any atom is -0.468 e. The largest absolute Gasteiger partial charge is 0.468 e. The highest BCUT2D eigenvalue weighted by molar-refractivity contribution is 5.16. The van der Waals surface area contributed by atoms with E-state index in [-0.39, 0.29) is 0 Å². The van der Waals surface area contributed by atoms with E-state index < -0.39 is 0 Å². The van der Waals surface area contributed by atoms with Crippen molar-refractivity contribution in [1.82, 2.24) is 0 Å². The van der Waals surface area contributed by atoms with E-state index >= 15 is 0 Å². The molecule has 0 amide bonds. The van der Waals surface area contributed by atoms with Crippen molar-refractivity contribution in [1.29, 1.82) is 0 Å². The summed E-state index contributed by atoms with van der Waals surface area (Å²) in [7, 11) is 0. The summed E-state index contributed by atoms with van der Waals surface area (Å²) >= 11 is 0. The zero-order chi connectivity index (χ0) is 11.8. The van der Waals surface area contributed by atoms with Crippen LogP contribution in [0.1, 0.15) is 58.3 Å². The van der Waals surface area contributed by atoms with Gasteiger partial charge in [-0.1, -0.05) is 34.6 Å². The number of hydrogen-bond acceptors (Lipinski definition) is 2. The SMILES string of the molecule is CC(C)C.CCC(C)c1coc(CN)c1. The summed E-state index contributed by atoms with van der Waals surface area (Å²) in [6.45, 7) is 11.3. The zero-order valence-electron chi connectivity index (χ0n) is 10.7. The molecule has 2 N–H and O–H groups in total. The molecule has 1 atom stereocenters. The summed E-state index contributed by atoms with van der Waals surface area (Å²) in [5, 5.41) is 0. The van der Waals surface area contributed by atoms with E-state index in [1.807, 2.05) is 6.07 Å². The van der Waals surface area contributed by atoms with Gasteiger partial charge in [-0.3, -0.25) is 0 Å². The van der Waals surface area contributed by atoms with E-state index in [0.717, 1.165) is 18.1 Å². The van der Waals surface area contributed by atoms with Crippen LogP contribution in [0.4, 0.5) is 0 Å². The van der Waals surface area contributed by atoms with Gasteiger partial charge in [0.2, 0.25) is 0 Å². The number of furan rings is 1. The molecule has 0 spiro atoms. The van der Waals surface area contributed by atoms with Crippen LogP contribution in [-0.4, -0.2) is 0 Å². The van der Waals surface area contributed by atoms with Gasteiger partial charge in [-0.2, -0.15) is 0 Å². The van der Waals surface area contributed by atoms with Crippen molar-refractivity contribution in [3.05, 3.63) is 23.7 Å². The highest BCUT2D eigenvalue weighted by Crippen LogP contribution is 2.20. The smallest absolute Gasteiger partial charge is 0.117 e. The number of nitrogens with two attached hydrogens (primary N) is 1. The Labute approximate surface area is 93.9 Å². The maximum atomic E-state index is 5.41.